The summed E-state index contributed by atoms with van der Waals surface area (Å²) in [7, 11) is 3.19. The van der Waals surface area contributed by atoms with E-state index in [9.17, 15) is 4.79 Å². The summed E-state index contributed by atoms with van der Waals surface area (Å²) < 4.78 is 6.59. The molecule has 18 heavy (non-hydrogen) atoms. The average molecular weight is 245 g/mol. The third kappa shape index (κ3) is 2.12. The first-order valence-electron chi connectivity index (χ1n) is 5.56. The molecule has 94 valence electrons. The summed E-state index contributed by atoms with van der Waals surface area (Å²) in [6.07, 6.45) is 1.50. The van der Waals surface area contributed by atoms with Gasteiger partial charge in [-0.25, -0.2) is 0 Å². The molecule has 2 aromatic rings. The van der Waals surface area contributed by atoms with E-state index in [2.05, 4.69) is 5.10 Å². The molecular weight excluding hydrogens is 230 g/mol. The number of ketones is 1. The summed E-state index contributed by atoms with van der Waals surface area (Å²) in [6, 6.07) is 8.52. The molecule has 0 saturated heterocycles. The number of aryl methyl sites for hydroxylation is 1. The minimum Gasteiger partial charge on any atom is -0.493 e. The Hall–Kier alpha value is -2.14. The maximum absolute atomic E-state index is 12.3. The first-order chi connectivity index (χ1) is 8.65. The summed E-state index contributed by atoms with van der Waals surface area (Å²) >= 11 is 0. The molecule has 2 rings (SSSR count). The third-order valence-electron chi connectivity index (χ3n) is 2.80. The Kier molecular flexibility index (Phi) is 3.43. The second-order valence-corrected chi connectivity index (χ2v) is 3.94. The highest BCUT2D eigenvalue weighted by Crippen LogP contribution is 2.22. The topological polar surface area (TPSA) is 70.1 Å². The fraction of sp³-hybridized carbons (Fsp3) is 0.231. The van der Waals surface area contributed by atoms with Gasteiger partial charge in [0.15, 0.2) is 5.75 Å². The monoisotopic (exact) mass is 245 g/mol. The van der Waals surface area contributed by atoms with Crippen molar-refractivity contribution in [2.45, 2.75) is 6.04 Å². The van der Waals surface area contributed by atoms with Gasteiger partial charge in [-0.05, 0) is 5.56 Å². The van der Waals surface area contributed by atoms with Gasteiger partial charge in [0.1, 0.15) is 5.69 Å². The average Bonchev–Trinajstić information content (AvgIpc) is 2.79. The van der Waals surface area contributed by atoms with Crippen molar-refractivity contribution >= 4 is 5.78 Å². The fourth-order valence-corrected chi connectivity index (χ4v) is 1.81. The Labute approximate surface area is 105 Å². The number of Topliss-reactive ketones (excluding diaryl/α,β-unsaturated/α-hetero) is 1. The second kappa shape index (κ2) is 5.01. The zero-order valence-corrected chi connectivity index (χ0v) is 10.3. The number of carbonyl (C=O) groups excluding carboxylic acids is 1. The van der Waals surface area contributed by atoms with Gasteiger partial charge >= 0.3 is 0 Å². The SMILES string of the molecule is COc1cnn(C)c1C(=O)[C@H](N)c1ccccc1. The van der Waals surface area contributed by atoms with Gasteiger partial charge in [-0.15, -0.1) is 0 Å². The van der Waals surface area contributed by atoms with Crippen LogP contribution in [0.3, 0.4) is 0 Å². The first-order valence-corrected chi connectivity index (χ1v) is 5.56. The molecule has 0 spiro atoms. The number of carbonyl (C=O) groups is 1. The molecule has 1 atom stereocenters. The molecule has 0 bridgehead atoms. The van der Waals surface area contributed by atoms with Crippen LogP contribution in [-0.2, 0) is 7.05 Å². The Bertz CT molecular complexity index is 549. The van der Waals surface area contributed by atoms with E-state index in [4.69, 9.17) is 10.5 Å². The maximum Gasteiger partial charge on any atom is 0.205 e. The van der Waals surface area contributed by atoms with E-state index in [0.29, 0.717) is 11.4 Å². The van der Waals surface area contributed by atoms with Crippen molar-refractivity contribution in [1.29, 1.82) is 0 Å². The molecule has 0 aliphatic carbocycles. The number of methoxy groups -OCH3 is 1. The molecule has 2 N–H and O–H groups in total. The number of hydrogen-bond acceptors (Lipinski definition) is 4. The first kappa shape index (κ1) is 12.3. The molecule has 0 radical (unpaired) electrons. The lowest BCUT2D eigenvalue weighted by Gasteiger charge is -2.12. The van der Waals surface area contributed by atoms with Gasteiger partial charge in [-0.3, -0.25) is 9.48 Å². The standard InChI is InChI=1S/C13H15N3O2/c1-16-12(10(18-2)8-15-16)13(17)11(14)9-6-4-3-5-7-9/h3-8,11H,14H2,1-2H3/t11-/m1/s1. The Balaban J connectivity index is 2.34. The molecule has 5 nitrogen and oxygen atoms in total. The van der Waals surface area contributed by atoms with E-state index in [0.717, 1.165) is 5.56 Å². The van der Waals surface area contributed by atoms with Crippen molar-refractivity contribution in [3.8, 4) is 5.75 Å². The lowest BCUT2D eigenvalue weighted by atomic mass is 10.0. The van der Waals surface area contributed by atoms with Crippen molar-refractivity contribution in [3.05, 3.63) is 47.8 Å². The normalized spacial score (nSPS) is 12.2. The predicted molar refractivity (Wildman–Crippen MR) is 67.5 cm³/mol. The number of aromatic nitrogens is 2. The smallest absolute Gasteiger partial charge is 0.205 e. The van der Waals surface area contributed by atoms with Crippen LogP contribution in [0.25, 0.3) is 0 Å². The third-order valence-corrected chi connectivity index (χ3v) is 2.80. The predicted octanol–water partition coefficient (Wildman–Crippen LogP) is 1.31. The van der Waals surface area contributed by atoms with Gasteiger partial charge in [0.05, 0.1) is 19.3 Å². The van der Waals surface area contributed by atoms with Crippen molar-refractivity contribution in [2.75, 3.05) is 7.11 Å². The summed E-state index contributed by atoms with van der Waals surface area (Å²) in [5, 5.41) is 4.00. The van der Waals surface area contributed by atoms with E-state index in [1.54, 1.807) is 7.05 Å². The van der Waals surface area contributed by atoms with Crippen LogP contribution in [0.5, 0.6) is 5.75 Å². The highest BCUT2D eigenvalue weighted by Gasteiger charge is 2.24. The van der Waals surface area contributed by atoms with Crippen molar-refractivity contribution in [2.24, 2.45) is 12.8 Å². The van der Waals surface area contributed by atoms with Gasteiger partial charge in [0, 0.05) is 7.05 Å². The molecule has 5 heteroatoms. The highest BCUT2D eigenvalue weighted by molar-refractivity contribution is 6.01. The minimum absolute atomic E-state index is 0.210. The van der Waals surface area contributed by atoms with Gasteiger partial charge in [0.25, 0.3) is 0 Å². The zero-order chi connectivity index (χ0) is 13.1. The molecule has 0 saturated carbocycles. The zero-order valence-electron chi connectivity index (χ0n) is 10.3. The quantitative estimate of drug-likeness (QED) is 0.824. The van der Waals surface area contributed by atoms with Crippen LogP contribution in [0.4, 0.5) is 0 Å². The number of rotatable bonds is 4. The van der Waals surface area contributed by atoms with Crippen LogP contribution in [-0.4, -0.2) is 22.7 Å². The van der Waals surface area contributed by atoms with Crippen LogP contribution >= 0.6 is 0 Å². The molecule has 1 heterocycles. The van der Waals surface area contributed by atoms with Crippen LogP contribution < -0.4 is 10.5 Å². The second-order valence-electron chi connectivity index (χ2n) is 3.94. The van der Waals surface area contributed by atoms with Crippen molar-refractivity contribution in [3.63, 3.8) is 0 Å². The van der Waals surface area contributed by atoms with E-state index in [1.807, 2.05) is 30.3 Å². The largest absolute Gasteiger partial charge is 0.493 e. The van der Waals surface area contributed by atoms with Crippen molar-refractivity contribution < 1.29 is 9.53 Å². The number of nitrogens with zero attached hydrogens (tertiary/aromatic N) is 2. The Morgan fingerprint density at radius 1 is 1.39 bits per heavy atom. The van der Waals surface area contributed by atoms with Gasteiger partial charge in [-0.2, -0.15) is 5.10 Å². The number of nitrogens with two attached hydrogens (primary N) is 1. The molecule has 0 aliphatic rings. The van der Waals surface area contributed by atoms with E-state index >= 15 is 0 Å². The number of hydrogen-bond donors (Lipinski definition) is 1. The fourth-order valence-electron chi connectivity index (χ4n) is 1.81. The molecule has 0 amide bonds. The highest BCUT2D eigenvalue weighted by atomic mass is 16.5. The minimum atomic E-state index is -0.713. The van der Waals surface area contributed by atoms with Crippen LogP contribution in [0.1, 0.15) is 22.1 Å². The molecule has 1 aromatic carbocycles. The summed E-state index contributed by atoms with van der Waals surface area (Å²) in [6.45, 7) is 0. The van der Waals surface area contributed by atoms with Gasteiger partial charge < -0.3 is 10.5 Å². The van der Waals surface area contributed by atoms with Gasteiger partial charge in [0.2, 0.25) is 5.78 Å². The number of ether oxygens (including phenoxy) is 1. The maximum atomic E-state index is 12.3. The van der Waals surface area contributed by atoms with Crippen LogP contribution in [0.2, 0.25) is 0 Å². The van der Waals surface area contributed by atoms with Crippen LogP contribution in [0, 0.1) is 0 Å². The van der Waals surface area contributed by atoms with E-state index < -0.39 is 6.04 Å². The van der Waals surface area contributed by atoms with Gasteiger partial charge in [-0.1, -0.05) is 30.3 Å². The van der Waals surface area contributed by atoms with E-state index in [-0.39, 0.29) is 5.78 Å². The Morgan fingerprint density at radius 3 is 2.67 bits per heavy atom. The van der Waals surface area contributed by atoms with Crippen molar-refractivity contribution in [1.82, 2.24) is 9.78 Å². The lowest BCUT2D eigenvalue weighted by Crippen LogP contribution is -2.24. The molecular formula is C13H15N3O2. The Morgan fingerprint density at radius 2 is 2.06 bits per heavy atom. The lowest BCUT2D eigenvalue weighted by molar-refractivity contribution is 0.0949. The van der Waals surface area contributed by atoms with Crippen LogP contribution in [0.15, 0.2) is 36.5 Å². The van der Waals surface area contributed by atoms with E-state index in [1.165, 1.54) is 18.0 Å². The molecule has 1 aromatic heterocycles. The summed E-state index contributed by atoms with van der Waals surface area (Å²) in [4.78, 5) is 12.3. The molecule has 0 aliphatic heterocycles. The number of benzene rings is 1. The molecule has 0 unspecified atom stereocenters. The molecule has 0 fully saturated rings. The summed E-state index contributed by atoms with van der Waals surface area (Å²) in [5.41, 5.74) is 7.13. The summed E-state index contributed by atoms with van der Waals surface area (Å²) in [5.74, 6) is 0.229.